The van der Waals surface area contributed by atoms with Crippen LogP contribution in [0.4, 0.5) is 5.82 Å². The summed E-state index contributed by atoms with van der Waals surface area (Å²) in [5.41, 5.74) is 1.65. The summed E-state index contributed by atoms with van der Waals surface area (Å²) < 4.78 is 1.65. The van der Waals surface area contributed by atoms with Crippen LogP contribution in [0.25, 0.3) is 11.3 Å². The Bertz CT molecular complexity index is 1010. The summed E-state index contributed by atoms with van der Waals surface area (Å²) in [6.45, 7) is 4.18. The fourth-order valence-corrected chi connectivity index (χ4v) is 3.76. The van der Waals surface area contributed by atoms with Crippen LogP contribution in [0.15, 0.2) is 53.7 Å². The molecule has 1 N–H and O–H groups in total. The zero-order valence-corrected chi connectivity index (χ0v) is 16.8. The Morgan fingerprint density at radius 3 is 2.62 bits per heavy atom. The Labute approximate surface area is 170 Å². The van der Waals surface area contributed by atoms with Crippen molar-refractivity contribution in [3.05, 3.63) is 65.1 Å². The molecular weight excluding hydrogens is 364 g/mol. The highest BCUT2D eigenvalue weighted by molar-refractivity contribution is 5.56. The minimum Gasteiger partial charge on any atom is -0.367 e. The van der Waals surface area contributed by atoms with Gasteiger partial charge < -0.3 is 5.32 Å². The molecule has 1 fully saturated rings. The van der Waals surface area contributed by atoms with E-state index in [1.807, 2.05) is 24.4 Å². The molecule has 7 nitrogen and oxygen atoms in total. The second-order valence-corrected chi connectivity index (χ2v) is 7.85. The first kappa shape index (κ1) is 19.2. The Balaban J connectivity index is 1.43. The third-order valence-electron chi connectivity index (χ3n) is 5.37. The molecule has 3 aromatic rings. The van der Waals surface area contributed by atoms with Gasteiger partial charge in [-0.1, -0.05) is 13.8 Å². The lowest BCUT2D eigenvalue weighted by atomic mass is 9.91. The number of nitrogens with zero attached hydrogens (tertiary/aromatic N) is 5. The van der Waals surface area contributed by atoms with Gasteiger partial charge in [0, 0.05) is 42.2 Å². The predicted octanol–water partition coefficient (Wildman–Crippen LogP) is 3.81. The SMILES string of the molecule is CC(C)c1nccc(NC2CCC(n3nc(-c4cccnc4)ccc3=O)CC2)n1. The number of nitrogens with one attached hydrogen (secondary N) is 1. The molecular formula is C22H26N6O. The fourth-order valence-electron chi connectivity index (χ4n) is 3.76. The monoisotopic (exact) mass is 390 g/mol. The lowest BCUT2D eigenvalue weighted by molar-refractivity contribution is 0.304. The molecule has 3 aromatic heterocycles. The number of hydrogen-bond donors (Lipinski definition) is 1. The summed E-state index contributed by atoms with van der Waals surface area (Å²) in [5, 5.41) is 8.16. The van der Waals surface area contributed by atoms with E-state index in [9.17, 15) is 4.79 Å². The number of hydrogen-bond acceptors (Lipinski definition) is 6. The molecule has 29 heavy (non-hydrogen) atoms. The smallest absolute Gasteiger partial charge is 0.267 e. The van der Waals surface area contributed by atoms with Gasteiger partial charge in [-0.3, -0.25) is 9.78 Å². The van der Waals surface area contributed by atoms with E-state index in [-0.39, 0.29) is 11.6 Å². The Hall–Kier alpha value is -3.09. The van der Waals surface area contributed by atoms with Crippen molar-refractivity contribution in [1.29, 1.82) is 0 Å². The lowest BCUT2D eigenvalue weighted by Crippen LogP contribution is -2.33. The van der Waals surface area contributed by atoms with Gasteiger partial charge in [-0.25, -0.2) is 14.6 Å². The predicted molar refractivity (Wildman–Crippen MR) is 113 cm³/mol. The maximum absolute atomic E-state index is 12.4. The molecule has 3 heterocycles. The van der Waals surface area contributed by atoms with Crippen LogP contribution in [-0.4, -0.2) is 30.8 Å². The standard InChI is InChI=1S/C22H26N6O/c1-15(2)22-24-13-11-20(26-22)25-17-5-7-18(8-6-17)28-21(29)10-9-19(27-28)16-4-3-12-23-14-16/h3-4,9-15,17-18H,5-8H2,1-2H3,(H,24,25,26). The molecule has 7 heteroatoms. The minimum absolute atomic E-state index is 0.0496. The lowest BCUT2D eigenvalue weighted by Gasteiger charge is -2.30. The number of aromatic nitrogens is 5. The second-order valence-electron chi connectivity index (χ2n) is 7.85. The molecule has 0 spiro atoms. The Morgan fingerprint density at radius 1 is 1.07 bits per heavy atom. The Morgan fingerprint density at radius 2 is 1.90 bits per heavy atom. The van der Waals surface area contributed by atoms with E-state index < -0.39 is 0 Å². The highest BCUT2D eigenvalue weighted by Crippen LogP contribution is 2.29. The third kappa shape index (κ3) is 4.50. The number of anilines is 1. The first-order chi connectivity index (χ1) is 14.1. The van der Waals surface area contributed by atoms with Crippen molar-refractivity contribution in [1.82, 2.24) is 24.7 Å². The Kier molecular flexibility index (Phi) is 5.64. The quantitative estimate of drug-likeness (QED) is 0.713. The van der Waals surface area contributed by atoms with Crippen molar-refractivity contribution < 1.29 is 0 Å². The van der Waals surface area contributed by atoms with Crippen LogP contribution >= 0.6 is 0 Å². The van der Waals surface area contributed by atoms with Gasteiger partial charge in [0.25, 0.3) is 5.56 Å². The molecule has 0 radical (unpaired) electrons. The highest BCUT2D eigenvalue weighted by atomic mass is 16.1. The topological polar surface area (TPSA) is 85.6 Å². The van der Waals surface area contributed by atoms with Crippen LogP contribution in [0.1, 0.15) is 57.3 Å². The molecule has 0 amide bonds. The van der Waals surface area contributed by atoms with E-state index in [2.05, 4.69) is 39.2 Å². The van der Waals surface area contributed by atoms with Gasteiger partial charge in [0.2, 0.25) is 0 Å². The van der Waals surface area contributed by atoms with Crippen LogP contribution in [0.5, 0.6) is 0 Å². The second kappa shape index (κ2) is 8.51. The van der Waals surface area contributed by atoms with Crippen molar-refractivity contribution in [2.75, 3.05) is 5.32 Å². The minimum atomic E-state index is -0.0496. The first-order valence-electron chi connectivity index (χ1n) is 10.2. The van der Waals surface area contributed by atoms with Crippen LogP contribution in [0, 0.1) is 0 Å². The average molecular weight is 390 g/mol. The molecule has 0 aromatic carbocycles. The van der Waals surface area contributed by atoms with Crippen molar-refractivity contribution >= 4 is 5.82 Å². The van der Waals surface area contributed by atoms with Gasteiger partial charge in [-0.2, -0.15) is 5.10 Å². The molecule has 1 saturated carbocycles. The molecule has 0 bridgehead atoms. The van der Waals surface area contributed by atoms with E-state index in [0.717, 1.165) is 48.6 Å². The molecule has 1 aliphatic rings. The molecule has 150 valence electrons. The maximum Gasteiger partial charge on any atom is 0.267 e. The molecule has 0 unspecified atom stereocenters. The normalized spacial score (nSPS) is 19.3. The largest absolute Gasteiger partial charge is 0.367 e. The summed E-state index contributed by atoms with van der Waals surface area (Å²) in [5.74, 6) is 2.03. The first-order valence-corrected chi connectivity index (χ1v) is 10.2. The van der Waals surface area contributed by atoms with Gasteiger partial charge >= 0.3 is 0 Å². The van der Waals surface area contributed by atoms with Crippen molar-refractivity contribution in [2.45, 2.75) is 57.5 Å². The third-order valence-corrected chi connectivity index (χ3v) is 5.37. The van der Waals surface area contributed by atoms with Crippen LogP contribution in [0.3, 0.4) is 0 Å². The van der Waals surface area contributed by atoms with Crippen molar-refractivity contribution in [3.8, 4) is 11.3 Å². The van der Waals surface area contributed by atoms with Crippen LogP contribution in [0.2, 0.25) is 0 Å². The highest BCUT2D eigenvalue weighted by Gasteiger charge is 2.24. The van der Waals surface area contributed by atoms with E-state index in [0.29, 0.717) is 12.0 Å². The molecule has 0 aliphatic heterocycles. The molecule has 0 saturated heterocycles. The van der Waals surface area contributed by atoms with Gasteiger partial charge in [0.15, 0.2) is 0 Å². The van der Waals surface area contributed by atoms with E-state index >= 15 is 0 Å². The van der Waals surface area contributed by atoms with Gasteiger partial charge in [0.1, 0.15) is 11.6 Å². The molecule has 0 atom stereocenters. The maximum atomic E-state index is 12.4. The zero-order chi connectivity index (χ0) is 20.2. The number of pyridine rings is 1. The van der Waals surface area contributed by atoms with E-state index in [1.165, 1.54) is 0 Å². The molecule has 1 aliphatic carbocycles. The molecule has 4 rings (SSSR count). The average Bonchev–Trinajstić information content (AvgIpc) is 2.75. The summed E-state index contributed by atoms with van der Waals surface area (Å²) in [7, 11) is 0. The fraction of sp³-hybridized carbons (Fsp3) is 0.409. The van der Waals surface area contributed by atoms with Gasteiger partial charge in [-0.05, 0) is 49.9 Å². The van der Waals surface area contributed by atoms with Crippen LogP contribution < -0.4 is 10.9 Å². The number of rotatable bonds is 5. The van der Waals surface area contributed by atoms with Crippen LogP contribution in [-0.2, 0) is 0 Å². The van der Waals surface area contributed by atoms with Crippen molar-refractivity contribution in [2.24, 2.45) is 0 Å². The summed E-state index contributed by atoms with van der Waals surface area (Å²) >= 11 is 0. The van der Waals surface area contributed by atoms with Crippen molar-refractivity contribution in [3.63, 3.8) is 0 Å². The van der Waals surface area contributed by atoms with E-state index in [1.54, 1.807) is 29.2 Å². The van der Waals surface area contributed by atoms with Gasteiger partial charge in [-0.15, -0.1) is 0 Å². The van der Waals surface area contributed by atoms with E-state index in [4.69, 9.17) is 0 Å². The summed E-state index contributed by atoms with van der Waals surface area (Å²) in [4.78, 5) is 25.5. The van der Waals surface area contributed by atoms with Gasteiger partial charge in [0.05, 0.1) is 11.7 Å². The zero-order valence-electron chi connectivity index (χ0n) is 16.8. The summed E-state index contributed by atoms with van der Waals surface area (Å²) in [6, 6.07) is 9.59. The summed E-state index contributed by atoms with van der Waals surface area (Å²) in [6.07, 6.45) is 9.06.